The van der Waals surface area contributed by atoms with Gasteiger partial charge in [0, 0.05) is 25.7 Å². The average Bonchev–Trinajstić information content (AvgIpc) is 2.67. The van der Waals surface area contributed by atoms with Crippen LogP contribution >= 0.6 is 0 Å². The lowest BCUT2D eigenvalue weighted by atomic mass is 10.1. The first-order valence-corrected chi connectivity index (χ1v) is 11.1. The summed E-state index contributed by atoms with van der Waals surface area (Å²) < 4.78 is 25.9. The number of rotatable bonds is 7. The van der Waals surface area contributed by atoms with Gasteiger partial charge >= 0.3 is 0 Å². The van der Waals surface area contributed by atoms with E-state index in [4.69, 9.17) is 5.26 Å². The minimum atomic E-state index is -3.11. The first-order chi connectivity index (χ1) is 13.0. The zero-order valence-corrected chi connectivity index (χ0v) is 16.9. The Labute approximate surface area is 162 Å². The Kier molecular flexibility index (Phi) is 8.07. The topological polar surface area (TPSA) is 97.6 Å². The van der Waals surface area contributed by atoms with Crippen LogP contribution in [0.3, 0.4) is 0 Å². The molecular formula is C19H29N5O2S. The quantitative estimate of drug-likeness (QED) is 0.546. The molecule has 0 aliphatic carbocycles. The van der Waals surface area contributed by atoms with Crippen molar-refractivity contribution in [3.8, 4) is 6.07 Å². The summed E-state index contributed by atoms with van der Waals surface area (Å²) >= 11 is 0. The molecule has 2 N–H and O–H groups in total. The molecule has 1 aliphatic rings. The number of hydrogen-bond donors (Lipinski definition) is 2. The first kappa shape index (κ1) is 21.2. The summed E-state index contributed by atoms with van der Waals surface area (Å²) in [6.45, 7) is 6.27. The molecule has 0 spiro atoms. The van der Waals surface area contributed by atoms with E-state index < -0.39 is 10.0 Å². The van der Waals surface area contributed by atoms with Gasteiger partial charge in [-0.25, -0.2) is 17.7 Å². The van der Waals surface area contributed by atoms with E-state index >= 15 is 0 Å². The second-order valence-electron chi connectivity index (χ2n) is 6.64. The molecule has 8 heteroatoms. The van der Waals surface area contributed by atoms with Crippen molar-refractivity contribution in [3.63, 3.8) is 0 Å². The molecule has 27 heavy (non-hydrogen) atoms. The molecule has 1 aliphatic heterocycles. The van der Waals surface area contributed by atoms with Crippen molar-refractivity contribution in [2.75, 3.05) is 25.4 Å². The number of nitrogens with zero attached hydrogens (tertiary/aromatic N) is 3. The molecule has 1 saturated heterocycles. The van der Waals surface area contributed by atoms with E-state index in [1.54, 1.807) is 16.4 Å². The van der Waals surface area contributed by atoms with Gasteiger partial charge in [-0.1, -0.05) is 19.1 Å². The SMILES string of the molecule is CCCS(=O)(=O)N1CCC(NC(=NCc2ccc(C#N)cc2)NCC)CC1. The van der Waals surface area contributed by atoms with Gasteiger partial charge < -0.3 is 10.6 Å². The Morgan fingerprint density at radius 3 is 2.48 bits per heavy atom. The molecule has 1 heterocycles. The minimum Gasteiger partial charge on any atom is -0.357 e. The molecule has 0 amide bonds. The second-order valence-corrected chi connectivity index (χ2v) is 8.73. The Balaban J connectivity index is 1.91. The van der Waals surface area contributed by atoms with Crippen LogP contribution in [-0.4, -0.2) is 50.1 Å². The predicted octanol–water partition coefficient (Wildman–Crippen LogP) is 1.82. The molecule has 1 aromatic rings. The van der Waals surface area contributed by atoms with Gasteiger partial charge in [-0.2, -0.15) is 5.26 Å². The van der Waals surface area contributed by atoms with Crippen LogP contribution in [0.15, 0.2) is 29.3 Å². The number of piperidine rings is 1. The average molecular weight is 392 g/mol. The zero-order chi connectivity index (χ0) is 19.7. The minimum absolute atomic E-state index is 0.205. The Bertz CT molecular complexity index is 760. The summed E-state index contributed by atoms with van der Waals surface area (Å²) in [5, 5.41) is 15.5. The number of nitriles is 1. The largest absolute Gasteiger partial charge is 0.357 e. The molecule has 0 atom stereocenters. The molecule has 0 bridgehead atoms. The lowest BCUT2D eigenvalue weighted by molar-refractivity contribution is 0.306. The zero-order valence-electron chi connectivity index (χ0n) is 16.1. The predicted molar refractivity (Wildman–Crippen MR) is 108 cm³/mol. The van der Waals surface area contributed by atoms with Crippen LogP contribution in [-0.2, 0) is 16.6 Å². The number of hydrogen-bond acceptors (Lipinski definition) is 4. The standard InChI is InChI=1S/C19H29N5O2S/c1-3-13-27(25,26)24-11-9-18(10-12-24)23-19(21-4-2)22-15-17-7-5-16(14-20)6-8-17/h5-8,18H,3-4,9-13,15H2,1-2H3,(H2,21,22,23). The van der Waals surface area contributed by atoms with E-state index in [9.17, 15) is 8.42 Å². The van der Waals surface area contributed by atoms with Crippen LogP contribution in [0, 0.1) is 11.3 Å². The smallest absolute Gasteiger partial charge is 0.214 e. The first-order valence-electron chi connectivity index (χ1n) is 9.50. The molecule has 148 valence electrons. The number of nitrogens with one attached hydrogen (secondary N) is 2. The van der Waals surface area contributed by atoms with Crippen LogP contribution < -0.4 is 10.6 Å². The van der Waals surface area contributed by atoms with E-state index in [-0.39, 0.29) is 11.8 Å². The number of guanidine groups is 1. The molecular weight excluding hydrogens is 362 g/mol. The van der Waals surface area contributed by atoms with Gasteiger partial charge in [0.15, 0.2) is 5.96 Å². The van der Waals surface area contributed by atoms with Crippen LogP contribution in [0.1, 0.15) is 44.2 Å². The van der Waals surface area contributed by atoms with Gasteiger partial charge in [0.25, 0.3) is 0 Å². The summed E-state index contributed by atoms with van der Waals surface area (Å²) in [6.07, 6.45) is 2.18. The highest BCUT2D eigenvalue weighted by molar-refractivity contribution is 7.89. The van der Waals surface area contributed by atoms with E-state index in [1.165, 1.54) is 0 Å². The maximum Gasteiger partial charge on any atom is 0.214 e. The summed E-state index contributed by atoms with van der Waals surface area (Å²) in [4.78, 5) is 4.61. The molecule has 2 rings (SSSR count). The van der Waals surface area contributed by atoms with Crippen molar-refractivity contribution in [2.24, 2.45) is 4.99 Å². The lowest BCUT2D eigenvalue weighted by Gasteiger charge is -2.32. The van der Waals surface area contributed by atoms with Crippen molar-refractivity contribution < 1.29 is 8.42 Å². The third-order valence-corrected chi connectivity index (χ3v) is 6.57. The fourth-order valence-corrected chi connectivity index (χ4v) is 4.58. The van der Waals surface area contributed by atoms with E-state index in [2.05, 4.69) is 21.7 Å². The third kappa shape index (κ3) is 6.52. The van der Waals surface area contributed by atoms with Crippen molar-refractivity contribution in [1.82, 2.24) is 14.9 Å². The van der Waals surface area contributed by atoms with Crippen LogP contribution in [0.2, 0.25) is 0 Å². The molecule has 0 aromatic heterocycles. The van der Waals surface area contributed by atoms with E-state index in [0.717, 1.165) is 30.9 Å². The molecule has 0 saturated carbocycles. The number of aliphatic imine (C=N–C) groups is 1. The number of sulfonamides is 1. The molecule has 0 unspecified atom stereocenters. The fraction of sp³-hybridized carbons (Fsp3) is 0.579. The Morgan fingerprint density at radius 1 is 1.26 bits per heavy atom. The van der Waals surface area contributed by atoms with E-state index in [1.807, 2.05) is 26.0 Å². The maximum absolute atomic E-state index is 12.2. The third-order valence-electron chi connectivity index (χ3n) is 4.50. The van der Waals surface area contributed by atoms with Gasteiger partial charge in [-0.05, 0) is 43.9 Å². The summed E-state index contributed by atoms with van der Waals surface area (Å²) in [5.74, 6) is 0.955. The summed E-state index contributed by atoms with van der Waals surface area (Å²) in [7, 11) is -3.11. The monoisotopic (exact) mass is 391 g/mol. The second kappa shape index (κ2) is 10.3. The molecule has 1 aromatic carbocycles. The van der Waals surface area contributed by atoms with Crippen LogP contribution in [0.25, 0.3) is 0 Å². The lowest BCUT2D eigenvalue weighted by Crippen LogP contribution is -2.50. The van der Waals surface area contributed by atoms with Gasteiger partial charge in [0.05, 0.1) is 23.9 Å². The summed E-state index contributed by atoms with van der Waals surface area (Å²) in [6, 6.07) is 9.70. The van der Waals surface area contributed by atoms with Crippen molar-refractivity contribution in [1.29, 1.82) is 5.26 Å². The van der Waals surface area contributed by atoms with Crippen LogP contribution in [0.4, 0.5) is 0 Å². The normalized spacial score (nSPS) is 16.7. The fourth-order valence-electron chi connectivity index (χ4n) is 3.03. The highest BCUT2D eigenvalue weighted by Crippen LogP contribution is 2.15. The van der Waals surface area contributed by atoms with Gasteiger partial charge in [0.1, 0.15) is 0 Å². The molecule has 1 fully saturated rings. The maximum atomic E-state index is 12.2. The van der Waals surface area contributed by atoms with Gasteiger partial charge in [-0.3, -0.25) is 0 Å². The Hall–Kier alpha value is -2.11. The van der Waals surface area contributed by atoms with Crippen LogP contribution in [0.5, 0.6) is 0 Å². The van der Waals surface area contributed by atoms with Gasteiger partial charge in [0.2, 0.25) is 10.0 Å². The number of benzene rings is 1. The van der Waals surface area contributed by atoms with Gasteiger partial charge in [-0.15, -0.1) is 0 Å². The van der Waals surface area contributed by atoms with Crippen molar-refractivity contribution in [3.05, 3.63) is 35.4 Å². The molecule has 7 nitrogen and oxygen atoms in total. The highest BCUT2D eigenvalue weighted by Gasteiger charge is 2.27. The Morgan fingerprint density at radius 2 is 1.93 bits per heavy atom. The molecule has 0 radical (unpaired) electrons. The highest BCUT2D eigenvalue weighted by atomic mass is 32.2. The van der Waals surface area contributed by atoms with Crippen molar-refractivity contribution >= 4 is 16.0 Å². The van der Waals surface area contributed by atoms with E-state index in [0.29, 0.717) is 31.6 Å². The summed E-state index contributed by atoms with van der Waals surface area (Å²) in [5.41, 5.74) is 1.67. The van der Waals surface area contributed by atoms with Crippen molar-refractivity contribution in [2.45, 2.75) is 45.7 Å².